The molecule has 31 heavy (non-hydrogen) atoms. The molecule has 7 nitrogen and oxygen atoms in total. The number of rotatable bonds is 6. The van der Waals surface area contributed by atoms with Gasteiger partial charge >= 0.3 is 6.03 Å². The zero-order valence-electron chi connectivity index (χ0n) is 18.3. The number of primary amides is 1. The zero-order chi connectivity index (χ0) is 22.5. The highest BCUT2D eigenvalue weighted by molar-refractivity contribution is 7.16. The molecule has 166 valence electrons. The van der Waals surface area contributed by atoms with Gasteiger partial charge in [0.05, 0.1) is 5.56 Å². The number of urea groups is 1. The van der Waals surface area contributed by atoms with E-state index in [0.717, 1.165) is 48.1 Å². The minimum Gasteiger partial charge on any atom is -0.365 e. The van der Waals surface area contributed by atoms with Crippen molar-refractivity contribution in [3.05, 3.63) is 45.8 Å². The highest BCUT2D eigenvalue weighted by Crippen LogP contribution is 2.32. The van der Waals surface area contributed by atoms with Crippen molar-refractivity contribution >= 4 is 39.9 Å². The van der Waals surface area contributed by atoms with Crippen LogP contribution in [0.3, 0.4) is 0 Å². The van der Waals surface area contributed by atoms with Crippen LogP contribution in [0.15, 0.2) is 24.3 Å². The van der Waals surface area contributed by atoms with Crippen molar-refractivity contribution in [3.8, 4) is 0 Å². The van der Waals surface area contributed by atoms with Crippen LogP contribution >= 0.6 is 11.3 Å². The molecule has 0 radical (unpaired) electrons. The van der Waals surface area contributed by atoms with Gasteiger partial charge in [0.2, 0.25) is 5.91 Å². The highest BCUT2D eigenvalue weighted by Gasteiger charge is 2.28. The largest absolute Gasteiger partial charge is 0.365 e. The van der Waals surface area contributed by atoms with Crippen LogP contribution in [0.25, 0.3) is 0 Å². The lowest BCUT2D eigenvalue weighted by molar-refractivity contribution is -0.117. The molecule has 1 aliphatic rings. The minimum absolute atomic E-state index is 0.00623. The van der Waals surface area contributed by atoms with Crippen molar-refractivity contribution in [3.63, 3.8) is 0 Å². The Kier molecular flexibility index (Phi) is 7.33. The molecule has 0 atom stereocenters. The smallest absolute Gasteiger partial charge is 0.322 e. The number of nitrogens with one attached hydrogen (secondary N) is 2. The van der Waals surface area contributed by atoms with Gasteiger partial charge in [-0.1, -0.05) is 31.4 Å². The Morgan fingerprint density at radius 2 is 1.81 bits per heavy atom. The second-order valence-electron chi connectivity index (χ2n) is 8.12. The van der Waals surface area contributed by atoms with E-state index in [9.17, 15) is 14.4 Å². The quantitative estimate of drug-likeness (QED) is 0.610. The maximum Gasteiger partial charge on any atom is 0.322 e. The summed E-state index contributed by atoms with van der Waals surface area (Å²) in [7, 11) is 0. The number of anilines is 2. The first kappa shape index (κ1) is 22.8. The van der Waals surface area contributed by atoms with E-state index >= 15 is 0 Å². The Bertz CT molecular complexity index is 979. The molecule has 1 aromatic heterocycles. The molecule has 1 aromatic carbocycles. The number of nitrogens with two attached hydrogens (primary N) is 1. The first-order valence-corrected chi connectivity index (χ1v) is 11.4. The summed E-state index contributed by atoms with van der Waals surface area (Å²) < 4.78 is 0. The lowest BCUT2D eigenvalue weighted by Gasteiger charge is -2.34. The summed E-state index contributed by atoms with van der Waals surface area (Å²) in [6.07, 6.45) is 4.97. The van der Waals surface area contributed by atoms with Crippen molar-refractivity contribution in [1.29, 1.82) is 0 Å². The van der Waals surface area contributed by atoms with E-state index in [1.165, 1.54) is 11.3 Å². The summed E-state index contributed by atoms with van der Waals surface area (Å²) in [4.78, 5) is 40.4. The SMILES string of the molecule is Cc1cccc(NC(=O)N(CC(=O)Nc2sc(C)c(C)c2C(N)=O)C2CCCCC2)c1. The monoisotopic (exact) mass is 442 g/mol. The second-order valence-corrected chi connectivity index (χ2v) is 9.34. The molecule has 0 bridgehead atoms. The number of carbonyl (C=O) groups is 3. The molecular weight excluding hydrogens is 412 g/mol. The van der Waals surface area contributed by atoms with Crippen LogP contribution in [0.4, 0.5) is 15.5 Å². The van der Waals surface area contributed by atoms with Crippen molar-refractivity contribution < 1.29 is 14.4 Å². The lowest BCUT2D eigenvalue weighted by Crippen LogP contribution is -2.47. The molecule has 1 fully saturated rings. The van der Waals surface area contributed by atoms with Crippen LogP contribution in [-0.4, -0.2) is 35.3 Å². The maximum absolute atomic E-state index is 13.1. The predicted molar refractivity (Wildman–Crippen MR) is 125 cm³/mol. The minimum atomic E-state index is -0.571. The number of hydrogen-bond acceptors (Lipinski definition) is 4. The molecule has 3 rings (SSSR count). The van der Waals surface area contributed by atoms with Gasteiger partial charge in [0.1, 0.15) is 11.5 Å². The topological polar surface area (TPSA) is 105 Å². The summed E-state index contributed by atoms with van der Waals surface area (Å²) in [5, 5.41) is 6.18. The Hall–Kier alpha value is -2.87. The molecular formula is C23H30N4O3S. The zero-order valence-corrected chi connectivity index (χ0v) is 19.1. The van der Waals surface area contributed by atoms with Gasteiger partial charge in [-0.15, -0.1) is 11.3 Å². The van der Waals surface area contributed by atoms with E-state index in [2.05, 4.69) is 10.6 Å². The van der Waals surface area contributed by atoms with Crippen LogP contribution in [0, 0.1) is 20.8 Å². The summed E-state index contributed by atoms with van der Waals surface area (Å²) in [5.74, 6) is -0.910. The molecule has 8 heteroatoms. The number of aryl methyl sites for hydroxylation is 2. The molecule has 2 aromatic rings. The van der Waals surface area contributed by atoms with Crippen molar-refractivity contribution in [1.82, 2.24) is 4.90 Å². The van der Waals surface area contributed by atoms with E-state index in [4.69, 9.17) is 5.73 Å². The lowest BCUT2D eigenvalue weighted by atomic mass is 9.94. The van der Waals surface area contributed by atoms with Gasteiger partial charge < -0.3 is 21.3 Å². The van der Waals surface area contributed by atoms with Crippen LogP contribution < -0.4 is 16.4 Å². The van der Waals surface area contributed by atoms with Gasteiger partial charge in [0, 0.05) is 16.6 Å². The number of thiophene rings is 1. The summed E-state index contributed by atoms with van der Waals surface area (Å²) in [5.41, 5.74) is 8.36. The normalized spacial score (nSPS) is 14.2. The number of carbonyl (C=O) groups excluding carboxylic acids is 3. The number of amides is 4. The first-order valence-electron chi connectivity index (χ1n) is 10.6. The number of hydrogen-bond donors (Lipinski definition) is 3. The molecule has 0 unspecified atom stereocenters. The van der Waals surface area contributed by atoms with Gasteiger partial charge in [0.15, 0.2) is 0 Å². The molecule has 0 saturated heterocycles. The molecule has 1 heterocycles. The van der Waals surface area contributed by atoms with E-state index in [-0.39, 0.29) is 24.5 Å². The molecule has 4 N–H and O–H groups in total. The van der Waals surface area contributed by atoms with Crippen molar-refractivity contribution in [2.24, 2.45) is 5.73 Å². The molecule has 4 amide bonds. The van der Waals surface area contributed by atoms with Gasteiger partial charge in [0.25, 0.3) is 5.91 Å². The van der Waals surface area contributed by atoms with Gasteiger partial charge in [-0.2, -0.15) is 0 Å². The number of benzene rings is 1. The highest BCUT2D eigenvalue weighted by atomic mass is 32.1. The van der Waals surface area contributed by atoms with E-state index in [1.807, 2.05) is 45.0 Å². The van der Waals surface area contributed by atoms with Crippen molar-refractivity contribution in [2.45, 2.75) is 58.9 Å². The Labute approximate surface area is 187 Å². The first-order chi connectivity index (χ1) is 14.8. The average Bonchev–Trinajstić information content (AvgIpc) is 3.00. The van der Waals surface area contributed by atoms with E-state index in [1.54, 1.807) is 4.90 Å². The van der Waals surface area contributed by atoms with Gasteiger partial charge in [-0.3, -0.25) is 9.59 Å². The second kappa shape index (κ2) is 9.96. The van der Waals surface area contributed by atoms with E-state index < -0.39 is 5.91 Å². The Morgan fingerprint density at radius 3 is 2.45 bits per heavy atom. The molecule has 0 spiro atoms. The standard InChI is InChI=1S/C23H30N4O3S/c1-14-8-7-9-17(12-14)25-23(30)27(18-10-5-4-6-11-18)13-19(28)26-22-20(21(24)29)15(2)16(3)31-22/h7-9,12,18H,4-6,10-11,13H2,1-3H3,(H2,24,29)(H,25,30)(H,26,28). The van der Waals surface area contributed by atoms with Gasteiger partial charge in [-0.25, -0.2) is 4.79 Å². The summed E-state index contributed by atoms with van der Waals surface area (Å²) in [6.45, 7) is 5.57. The van der Waals surface area contributed by atoms with Crippen LogP contribution in [0.5, 0.6) is 0 Å². The fourth-order valence-electron chi connectivity index (χ4n) is 4.01. The number of nitrogens with zero attached hydrogens (tertiary/aromatic N) is 1. The maximum atomic E-state index is 13.1. The van der Waals surface area contributed by atoms with Crippen LogP contribution in [0.1, 0.15) is 58.5 Å². The Morgan fingerprint density at radius 1 is 1.10 bits per heavy atom. The van der Waals surface area contributed by atoms with Gasteiger partial charge in [-0.05, 0) is 56.9 Å². The van der Waals surface area contributed by atoms with Crippen molar-refractivity contribution in [2.75, 3.05) is 17.2 Å². The fraction of sp³-hybridized carbons (Fsp3) is 0.435. The fourth-order valence-corrected chi connectivity index (χ4v) is 5.09. The van der Waals surface area contributed by atoms with E-state index in [0.29, 0.717) is 16.3 Å². The molecule has 0 aliphatic heterocycles. The Balaban J connectivity index is 1.77. The molecule has 1 saturated carbocycles. The predicted octanol–water partition coefficient (Wildman–Crippen LogP) is 4.58. The van der Waals surface area contributed by atoms with Crippen LogP contribution in [0.2, 0.25) is 0 Å². The third-order valence-electron chi connectivity index (χ3n) is 5.74. The average molecular weight is 443 g/mol. The third kappa shape index (κ3) is 5.64. The third-order valence-corrected chi connectivity index (χ3v) is 6.87. The summed E-state index contributed by atoms with van der Waals surface area (Å²) >= 11 is 1.32. The molecule has 1 aliphatic carbocycles. The summed E-state index contributed by atoms with van der Waals surface area (Å²) in [6, 6.07) is 7.29. The van der Waals surface area contributed by atoms with Crippen LogP contribution in [-0.2, 0) is 4.79 Å².